The van der Waals surface area contributed by atoms with Gasteiger partial charge in [0.1, 0.15) is 5.78 Å². The molecule has 0 aromatic carbocycles. The van der Waals surface area contributed by atoms with Crippen LogP contribution in [-0.4, -0.2) is 42.0 Å². The van der Waals surface area contributed by atoms with Gasteiger partial charge >= 0.3 is 0 Å². The minimum atomic E-state index is 0.319. The van der Waals surface area contributed by atoms with Crippen LogP contribution in [0.15, 0.2) is 0 Å². The predicted octanol–water partition coefficient (Wildman–Crippen LogP) is 1.45. The zero-order valence-corrected chi connectivity index (χ0v) is 10.0. The minimum Gasteiger partial charge on any atom is -0.396 e. The predicted molar refractivity (Wildman–Crippen MR) is 63.2 cm³/mol. The third kappa shape index (κ3) is 3.05. The van der Waals surface area contributed by atoms with Crippen molar-refractivity contribution in [1.29, 1.82) is 0 Å². The van der Waals surface area contributed by atoms with Gasteiger partial charge in [-0.05, 0) is 51.1 Å². The molecule has 3 heteroatoms. The van der Waals surface area contributed by atoms with Crippen LogP contribution >= 0.6 is 0 Å². The van der Waals surface area contributed by atoms with Crippen LogP contribution in [0.25, 0.3) is 0 Å². The SMILES string of the molecule is O=C1CCCC1CCN1CCC(CCO)C1. The van der Waals surface area contributed by atoms with E-state index in [1.54, 1.807) is 0 Å². The minimum absolute atomic E-state index is 0.319. The molecule has 1 N–H and O–H groups in total. The Morgan fingerprint density at radius 2 is 2.19 bits per heavy atom. The van der Waals surface area contributed by atoms with E-state index < -0.39 is 0 Å². The zero-order valence-electron chi connectivity index (χ0n) is 10.0. The number of hydrogen-bond donors (Lipinski definition) is 1. The highest BCUT2D eigenvalue weighted by Gasteiger charge is 2.26. The summed E-state index contributed by atoms with van der Waals surface area (Å²) in [5.74, 6) is 1.53. The number of rotatable bonds is 5. The molecule has 1 saturated carbocycles. The normalized spacial score (nSPS) is 31.4. The standard InChI is InChI=1S/C13H23NO2/c15-9-6-11-4-7-14(10-11)8-5-12-2-1-3-13(12)16/h11-12,15H,1-10H2. The summed E-state index contributed by atoms with van der Waals surface area (Å²) in [6.45, 7) is 3.69. The van der Waals surface area contributed by atoms with Gasteiger partial charge in [-0.15, -0.1) is 0 Å². The Labute approximate surface area is 97.8 Å². The fourth-order valence-corrected chi connectivity index (χ4v) is 3.07. The lowest BCUT2D eigenvalue weighted by atomic mass is 10.0. The lowest BCUT2D eigenvalue weighted by Gasteiger charge is -2.17. The van der Waals surface area contributed by atoms with Gasteiger partial charge in [0.05, 0.1) is 0 Å². The van der Waals surface area contributed by atoms with Gasteiger partial charge in [-0.3, -0.25) is 4.79 Å². The molecule has 0 bridgehead atoms. The Balaban J connectivity index is 1.65. The molecule has 2 fully saturated rings. The van der Waals surface area contributed by atoms with Gasteiger partial charge in [-0.2, -0.15) is 0 Å². The lowest BCUT2D eigenvalue weighted by Crippen LogP contribution is -2.25. The van der Waals surface area contributed by atoms with Crippen LogP contribution in [0.5, 0.6) is 0 Å². The molecule has 1 heterocycles. The molecular formula is C13H23NO2. The Morgan fingerprint density at radius 3 is 2.88 bits per heavy atom. The summed E-state index contributed by atoms with van der Waals surface area (Å²) in [6.07, 6.45) is 6.27. The number of ketones is 1. The van der Waals surface area contributed by atoms with E-state index in [2.05, 4.69) is 4.90 Å². The number of aliphatic hydroxyl groups is 1. The summed E-state index contributed by atoms with van der Waals surface area (Å²) in [6, 6.07) is 0. The topological polar surface area (TPSA) is 40.5 Å². The van der Waals surface area contributed by atoms with E-state index in [4.69, 9.17) is 5.11 Å². The summed E-state index contributed by atoms with van der Waals surface area (Å²) in [5.41, 5.74) is 0. The smallest absolute Gasteiger partial charge is 0.136 e. The van der Waals surface area contributed by atoms with Gasteiger partial charge in [0, 0.05) is 25.5 Å². The van der Waals surface area contributed by atoms with Gasteiger partial charge in [0.25, 0.3) is 0 Å². The van der Waals surface area contributed by atoms with Crippen LogP contribution in [0.4, 0.5) is 0 Å². The van der Waals surface area contributed by atoms with Crippen molar-refractivity contribution in [3.05, 3.63) is 0 Å². The molecule has 1 aliphatic carbocycles. The second kappa shape index (κ2) is 5.78. The number of nitrogens with zero attached hydrogens (tertiary/aromatic N) is 1. The van der Waals surface area contributed by atoms with Gasteiger partial charge in [0.15, 0.2) is 0 Å². The first-order valence-electron chi connectivity index (χ1n) is 6.65. The largest absolute Gasteiger partial charge is 0.396 e. The van der Waals surface area contributed by atoms with Crippen LogP contribution in [-0.2, 0) is 4.79 Å². The fourth-order valence-electron chi connectivity index (χ4n) is 3.07. The van der Waals surface area contributed by atoms with Crippen LogP contribution in [0.3, 0.4) is 0 Å². The lowest BCUT2D eigenvalue weighted by molar-refractivity contribution is -0.120. The summed E-state index contributed by atoms with van der Waals surface area (Å²) < 4.78 is 0. The quantitative estimate of drug-likeness (QED) is 0.770. The van der Waals surface area contributed by atoms with Crippen molar-refractivity contribution in [3.63, 3.8) is 0 Å². The average molecular weight is 225 g/mol. The van der Waals surface area contributed by atoms with E-state index >= 15 is 0 Å². The molecule has 0 radical (unpaired) electrons. The molecule has 92 valence electrons. The van der Waals surface area contributed by atoms with E-state index in [1.165, 1.54) is 6.42 Å². The first-order valence-corrected chi connectivity index (χ1v) is 6.65. The van der Waals surface area contributed by atoms with Gasteiger partial charge < -0.3 is 10.0 Å². The first-order chi connectivity index (χ1) is 7.79. The number of Topliss-reactive ketones (excluding diaryl/α,β-unsaturated/α-hetero) is 1. The van der Waals surface area contributed by atoms with Crippen LogP contribution in [0, 0.1) is 11.8 Å². The molecule has 2 unspecified atom stereocenters. The monoisotopic (exact) mass is 225 g/mol. The maximum Gasteiger partial charge on any atom is 0.136 e. The van der Waals surface area contributed by atoms with Crippen LogP contribution < -0.4 is 0 Å². The van der Waals surface area contributed by atoms with E-state index in [-0.39, 0.29) is 0 Å². The molecule has 2 aliphatic rings. The Hall–Kier alpha value is -0.410. The van der Waals surface area contributed by atoms with Crippen molar-refractivity contribution >= 4 is 5.78 Å². The van der Waals surface area contributed by atoms with Gasteiger partial charge in [-0.25, -0.2) is 0 Å². The maximum absolute atomic E-state index is 11.5. The highest BCUT2D eigenvalue weighted by Crippen LogP contribution is 2.26. The van der Waals surface area contributed by atoms with Crippen molar-refractivity contribution in [1.82, 2.24) is 4.90 Å². The third-order valence-corrected chi connectivity index (χ3v) is 4.13. The molecule has 0 aromatic heterocycles. The molecular weight excluding hydrogens is 202 g/mol. The second-order valence-corrected chi connectivity index (χ2v) is 5.31. The van der Waals surface area contributed by atoms with Crippen molar-refractivity contribution in [2.45, 2.75) is 38.5 Å². The maximum atomic E-state index is 11.5. The molecule has 1 aliphatic heterocycles. The highest BCUT2D eigenvalue weighted by atomic mass is 16.3. The Kier molecular flexibility index (Phi) is 4.36. The molecule has 0 amide bonds. The molecule has 2 rings (SSSR count). The molecule has 2 atom stereocenters. The van der Waals surface area contributed by atoms with Crippen LogP contribution in [0.2, 0.25) is 0 Å². The molecule has 1 saturated heterocycles. The number of likely N-dealkylation sites (tertiary alicyclic amines) is 1. The number of hydrogen-bond acceptors (Lipinski definition) is 3. The highest BCUT2D eigenvalue weighted by molar-refractivity contribution is 5.82. The molecule has 0 spiro atoms. The van der Waals surface area contributed by atoms with Crippen molar-refractivity contribution < 1.29 is 9.90 Å². The fraction of sp³-hybridized carbons (Fsp3) is 0.923. The van der Waals surface area contributed by atoms with E-state index in [9.17, 15) is 4.79 Å². The van der Waals surface area contributed by atoms with E-state index in [1.807, 2.05) is 0 Å². The average Bonchev–Trinajstić information content (AvgIpc) is 2.86. The Bertz CT molecular complexity index is 242. The van der Waals surface area contributed by atoms with Crippen molar-refractivity contribution in [3.8, 4) is 0 Å². The summed E-state index contributed by atoms with van der Waals surface area (Å²) in [4.78, 5) is 14.0. The van der Waals surface area contributed by atoms with E-state index in [0.717, 1.165) is 51.7 Å². The number of aliphatic hydroxyl groups excluding tert-OH is 1. The van der Waals surface area contributed by atoms with Crippen LogP contribution in [0.1, 0.15) is 38.5 Å². The zero-order chi connectivity index (χ0) is 11.4. The third-order valence-electron chi connectivity index (χ3n) is 4.13. The molecule has 16 heavy (non-hydrogen) atoms. The molecule has 3 nitrogen and oxygen atoms in total. The van der Waals surface area contributed by atoms with Gasteiger partial charge in [-0.1, -0.05) is 0 Å². The van der Waals surface area contributed by atoms with Crippen molar-refractivity contribution in [2.24, 2.45) is 11.8 Å². The number of carbonyl (C=O) groups excluding carboxylic acids is 1. The number of carbonyl (C=O) groups is 1. The first kappa shape index (κ1) is 12.1. The summed E-state index contributed by atoms with van der Waals surface area (Å²) in [7, 11) is 0. The van der Waals surface area contributed by atoms with Crippen molar-refractivity contribution in [2.75, 3.05) is 26.2 Å². The Morgan fingerprint density at radius 1 is 1.31 bits per heavy atom. The van der Waals surface area contributed by atoms with E-state index in [0.29, 0.717) is 24.2 Å². The summed E-state index contributed by atoms with van der Waals surface area (Å²) >= 11 is 0. The molecule has 0 aromatic rings. The second-order valence-electron chi connectivity index (χ2n) is 5.31. The summed E-state index contributed by atoms with van der Waals surface area (Å²) in [5, 5.41) is 8.89. The van der Waals surface area contributed by atoms with Gasteiger partial charge in [0.2, 0.25) is 0 Å².